The van der Waals surface area contributed by atoms with Gasteiger partial charge in [0.25, 0.3) is 0 Å². The van der Waals surface area contributed by atoms with E-state index in [9.17, 15) is 9.59 Å². The first kappa shape index (κ1) is 17.2. The van der Waals surface area contributed by atoms with Crippen LogP contribution in [0, 0.1) is 5.92 Å². The van der Waals surface area contributed by atoms with Crippen LogP contribution in [0.4, 0.5) is 5.69 Å². The summed E-state index contributed by atoms with van der Waals surface area (Å²) in [7, 11) is 0. The number of anilines is 1. The smallest absolute Gasteiger partial charge is 0.230 e. The lowest BCUT2D eigenvalue weighted by molar-refractivity contribution is -0.120. The molecule has 2 aromatic carbocycles. The largest absolute Gasteiger partial charge is 0.356 e. The zero-order chi connectivity index (χ0) is 17.6. The van der Waals surface area contributed by atoms with Gasteiger partial charge in [0.15, 0.2) is 0 Å². The summed E-state index contributed by atoms with van der Waals surface area (Å²) in [6.45, 7) is 3.09. The molecule has 4 heteroatoms. The first-order valence-electron chi connectivity index (χ1n) is 8.88. The van der Waals surface area contributed by atoms with Crippen LogP contribution in [0.1, 0.15) is 30.9 Å². The lowest BCUT2D eigenvalue weighted by Gasteiger charge is -2.24. The van der Waals surface area contributed by atoms with Crippen molar-refractivity contribution in [2.45, 2.75) is 32.7 Å². The number of hydrogen-bond acceptors (Lipinski definition) is 2. The van der Waals surface area contributed by atoms with Crippen LogP contribution in [-0.2, 0) is 22.6 Å². The summed E-state index contributed by atoms with van der Waals surface area (Å²) in [6.07, 6.45) is 2.28. The molecule has 0 radical (unpaired) electrons. The first-order valence-corrected chi connectivity index (χ1v) is 8.88. The molecule has 0 heterocycles. The van der Waals surface area contributed by atoms with Gasteiger partial charge in [-0.25, -0.2) is 0 Å². The van der Waals surface area contributed by atoms with Crippen molar-refractivity contribution >= 4 is 17.5 Å². The SMILES string of the molecule is CCNC(=O)Cc1cccc(N(Cc2ccccc2)C(=O)C2CC2)c1. The van der Waals surface area contributed by atoms with Crippen molar-refractivity contribution in [3.05, 3.63) is 65.7 Å². The summed E-state index contributed by atoms with van der Waals surface area (Å²) in [5.41, 5.74) is 2.89. The molecule has 25 heavy (non-hydrogen) atoms. The highest BCUT2D eigenvalue weighted by atomic mass is 16.2. The van der Waals surface area contributed by atoms with E-state index in [0.717, 1.165) is 29.7 Å². The summed E-state index contributed by atoms with van der Waals surface area (Å²) in [5.74, 6) is 0.331. The molecule has 1 saturated carbocycles. The molecule has 0 aliphatic heterocycles. The van der Waals surface area contributed by atoms with Gasteiger partial charge in [0.1, 0.15) is 0 Å². The average Bonchev–Trinajstić information content (AvgIpc) is 3.45. The predicted molar refractivity (Wildman–Crippen MR) is 99.2 cm³/mol. The second kappa shape index (κ2) is 7.97. The van der Waals surface area contributed by atoms with E-state index >= 15 is 0 Å². The molecule has 1 fully saturated rings. The van der Waals surface area contributed by atoms with Crippen molar-refractivity contribution in [1.29, 1.82) is 0 Å². The Morgan fingerprint density at radius 3 is 2.44 bits per heavy atom. The lowest BCUT2D eigenvalue weighted by atomic mass is 10.1. The van der Waals surface area contributed by atoms with E-state index in [0.29, 0.717) is 19.5 Å². The molecular weight excluding hydrogens is 312 g/mol. The number of hydrogen-bond donors (Lipinski definition) is 1. The number of rotatable bonds is 7. The van der Waals surface area contributed by atoms with Crippen LogP contribution in [-0.4, -0.2) is 18.4 Å². The van der Waals surface area contributed by atoms with Gasteiger partial charge in [-0.2, -0.15) is 0 Å². The third kappa shape index (κ3) is 4.69. The van der Waals surface area contributed by atoms with Crippen LogP contribution in [0.3, 0.4) is 0 Å². The van der Waals surface area contributed by atoms with E-state index in [1.807, 2.05) is 66.4 Å². The van der Waals surface area contributed by atoms with Gasteiger partial charge >= 0.3 is 0 Å². The van der Waals surface area contributed by atoms with E-state index in [1.54, 1.807) is 0 Å². The maximum absolute atomic E-state index is 12.8. The molecule has 0 aromatic heterocycles. The molecule has 0 bridgehead atoms. The lowest BCUT2D eigenvalue weighted by Crippen LogP contribution is -2.32. The van der Waals surface area contributed by atoms with Gasteiger partial charge in [-0.15, -0.1) is 0 Å². The minimum absolute atomic E-state index is 0.00257. The van der Waals surface area contributed by atoms with Gasteiger partial charge in [0.2, 0.25) is 11.8 Å². The molecule has 1 N–H and O–H groups in total. The molecule has 0 atom stereocenters. The molecule has 4 nitrogen and oxygen atoms in total. The van der Waals surface area contributed by atoms with Crippen LogP contribution < -0.4 is 10.2 Å². The Morgan fingerprint density at radius 1 is 1.04 bits per heavy atom. The molecule has 2 amide bonds. The number of likely N-dealkylation sites (N-methyl/N-ethyl adjacent to an activating group) is 1. The summed E-state index contributed by atoms with van der Waals surface area (Å²) in [6, 6.07) is 17.8. The Labute approximate surface area is 148 Å². The fourth-order valence-corrected chi connectivity index (χ4v) is 2.89. The number of nitrogens with zero attached hydrogens (tertiary/aromatic N) is 1. The van der Waals surface area contributed by atoms with Crippen LogP contribution in [0.25, 0.3) is 0 Å². The van der Waals surface area contributed by atoms with E-state index in [2.05, 4.69) is 5.32 Å². The fraction of sp³-hybridized carbons (Fsp3) is 0.333. The highest BCUT2D eigenvalue weighted by molar-refractivity contribution is 5.96. The Kier molecular flexibility index (Phi) is 5.49. The third-order valence-electron chi connectivity index (χ3n) is 4.34. The van der Waals surface area contributed by atoms with Gasteiger partial charge in [0, 0.05) is 18.2 Å². The molecule has 1 aliphatic rings. The average molecular weight is 336 g/mol. The van der Waals surface area contributed by atoms with Crippen molar-refractivity contribution in [2.24, 2.45) is 5.92 Å². The minimum Gasteiger partial charge on any atom is -0.356 e. The van der Waals surface area contributed by atoms with Gasteiger partial charge in [0.05, 0.1) is 13.0 Å². The number of amides is 2. The number of nitrogens with one attached hydrogen (secondary N) is 1. The Balaban J connectivity index is 1.82. The summed E-state index contributed by atoms with van der Waals surface area (Å²) >= 11 is 0. The minimum atomic E-state index is 0.00257. The molecule has 3 rings (SSSR count). The second-order valence-electron chi connectivity index (χ2n) is 6.48. The van der Waals surface area contributed by atoms with Gasteiger partial charge in [-0.3, -0.25) is 9.59 Å². The van der Waals surface area contributed by atoms with E-state index in [1.165, 1.54) is 0 Å². The number of carbonyl (C=O) groups is 2. The van der Waals surface area contributed by atoms with Gasteiger partial charge < -0.3 is 10.2 Å². The molecule has 130 valence electrons. The highest BCUT2D eigenvalue weighted by Gasteiger charge is 2.34. The molecule has 1 aliphatic carbocycles. The molecule has 0 saturated heterocycles. The van der Waals surface area contributed by atoms with Crippen LogP contribution in [0.15, 0.2) is 54.6 Å². The van der Waals surface area contributed by atoms with Crippen molar-refractivity contribution in [3.63, 3.8) is 0 Å². The van der Waals surface area contributed by atoms with Crippen LogP contribution in [0.2, 0.25) is 0 Å². The standard InChI is InChI=1S/C21H24N2O2/c1-2-22-20(24)14-17-9-6-10-19(13-17)23(21(25)18-11-12-18)15-16-7-4-3-5-8-16/h3-10,13,18H,2,11-12,14-15H2,1H3,(H,22,24). The fourth-order valence-electron chi connectivity index (χ4n) is 2.89. The molecular formula is C21H24N2O2. The highest BCUT2D eigenvalue weighted by Crippen LogP contribution is 2.33. The number of carbonyl (C=O) groups excluding carboxylic acids is 2. The Morgan fingerprint density at radius 2 is 1.76 bits per heavy atom. The van der Waals surface area contributed by atoms with Crippen molar-refractivity contribution in [2.75, 3.05) is 11.4 Å². The molecule has 0 spiro atoms. The second-order valence-corrected chi connectivity index (χ2v) is 6.48. The quantitative estimate of drug-likeness (QED) is 0.843. The van der Waals surface area contributed by atoms with E-state index < -0.39 is 0 Å². The predicted octanol–water partition coefficient (Wildman–Crippen LogP) is 3.31. The van der Waals surface area contributed by atoms with Crippen molar-refractivity contribution in [1.82, 2.24) is 5.32 Å². The van der Waals surface area contributed by atoms with Crippen LogP contribution >= 0.6 is 0 Å². The maximum atomic E-state index is 12.8. The monoisotopic (exact) mass is 336 g/mol. The van der Waals surface area contributed by atoms with Gasteiger partial charge in [-0.05, 0) is 43.0 Å². The Hall–Kier alpha value is -2.62. The first-order chi connectivity index (χ1) is 12.2. The summed E-state index contributed by atoms with van der Waals surface area (Å²) in [5, 5.41) is 2.81. The maximum Gasteiger partial charge on any atom is 0.230 e. The molecule has 0 unspecified atom stereocenters. The topological polar surface area (TPSA) is 49.4 Å². The van der Waals surface area contributed by atoms with Crippen molar-refractivity contribution < 1.29 is 9.59 Å². The zero-order valence-corrected chi connectivity index (χ0v) is 14.6. The summed E-state index contributed by atoms with van der Waals surface area (Å²) in [4.78, 5) is 26.5. The van der Waals surface area contributed by atoms with E-state index in [-0.39, 0.29) is 17.7 Å². The van der Waals surface area contributed by atoms with E-state index in [4.69, 9.17) is 0 Å². The Bertz CT molecular complexity index is 739. The number of benzene rings is 2. The van der Waals surface area contributed by atoms with Crippen molar-refractivity contribution in [3.8, 4) is 0 Å². The normalized spacial score (nSPS) is 13.3. The summed E-state index contributed by atoms with van der Waals surface area (Å²) < 4.78 is 0. The zero-order valence-electron chi connectivity index (χ0n) is 14.6. The third-order valence-corrected chi connectivity index (χ3v) is 4.34. The van der Waals surface area contributed by atoms with Gasteiger partial charge in [-0.1, -0.05) is 42.5 Å². The molecule has 2 aromatic rings. The van der Waals surface area contributed by atoms with Crippen LogP contribution in [0.5, 0.6) is 0 Å².